The summed E-state index contributed by atoms with van der Waals surface area (Å²) in [6.07, 6.45) is 6.09. The molecular formula is C20H31N5O3S. The Hall–Kier alpha value is -2.26. The molecule has 1 aliphatic rings. The van der Waals surface area contributed by atoms with Crippen LogP contribution in [0, 0.1) is 5.41 Å². The van der Waals surface area contributed by atoms with Gasteiger partial charge in [0.05, 0.1) is 6.04 Å². The lowest BCUT2D eigenvalue weighted by Gasteiger charge is -2.19. The highest BCUT2D eigenvalue weighted by Gasteiger charge is 2.28. The summed E-state index contributed by atoms with van der Waals surface area (Å²) >= 11 is 1.37. The number of thiophene rings is 1. The number of nitrogen functional groups attached to an aromatic ring is 1. The lowest BCUT2D eigenvalue weighted by molar-refractivity contribution is -0.134. The molecule has 2 atom stereocenters. The number of amides is 3. The van der Waals surface area contributed by atoms with Crippen molar-refractivity contribution >= 4 is 34.9 Å². The largest absolute Gasteiger partial charge is 0.384 e. The van der Waals surface area contributed by atoms with Gasteiger partial charge in [-0.05, 0) is 31.9 Å². The molecule has 0 unspecified atom stereocenters. The number of rotatable bonds is 11. The third kappa shape index (κ3) is 7.58. The highest BCUT2D eigenvalue weighted by atomic mass is 32.1. The zero-order valence-electron chi connectivity index (χ0n) is 16.9. The summed E-state index contributed by atoms with van der Waals surface area (Å²) in [4.78, 5) is 38.2. The molecule has 3 amide bonds. The molecule has 2 heterocycles. The van der Waals surface area contributed by atoms with E-state index in [2.05, 4.69) is 22.9 Å². The van der Waals surface area contributed by atoms with E-state index in [9.17, 15) is 14.4 Å². The maximum atomic E-state index is 12.7. The fourth-order valence-electron chi connectivity index (χ4n) is 3.22. The first-order valence-corrected chi connectivity index (χ1v) is 11.1. The van der Waals surface area contributed by atoms with Crippen molar-refractivity contribution in [3.63, 3.8) is 0 Å². The summed E-state index contributed by atoms with van der Waals surface area (Å²) in [5.41, 5.74) is 6.09. The molecule has 29 heavy (non-hydrogen) atoms. The van der Waals surface area contributed by atoms with Gasteiger partial charge in [-0.15, -0.1) is 11.3 Å². The third-order valence-corrected chi connectivity index (χ3v) is 5.86. The zero-order chi connectivity index (χ0) is 21.2. The van der Waals surface area contributed by atoms with Crippen LogP contribution in [0.3, 0.4) is 0 Å². The molecule has 1 aromatic rings. The predicted octanol–water partition coefficient (Wildman–Crippen LogP) is 1.42. The monoisotopic (exact) mass is 421 g/mol. The van der Waals surface area contributed by atoms with E-state index in [1.54, 1.807) is 11.4 Å². The first kappa shape index (κ1) is 23.0. The van der Waals surface area contributed by atoms with Gasteiger partial charge in [0.25, 0.3) is 0 Å². The number of amidine groups is 1. The molecule has 0 radical (unpaired) electrons. The van der Waals surface area contributed by atoms with E-state index in [-0.39, 0.29) is 30.1 Å². The van der Waals surface area contributed by atoms with Crippen LogP contribution in [0.25, 0.3) is 0 Å². The Bertz CT molecular complexity index is 727. The number of nitrogens with one attached hydrogen (secondary N) is 4. The number of imide groups is 1. The number of hydrogen-bond acceptors (Lipinski definition) is 6. The Labute approximate surface area is 175 Å². The van der Waals surface area contributed by atoms with Crippen molar-refractivity contribution in [3.05, 3.63) is 21.9 Å². The summed E-state index contributed by atoms with van der Waals surface area (Å²) in [7, 11) is 0. The van der Waals surface area contributed by atoms with Crippen LogP contribution in [0.2, 0.25) is 0 Å². The lowest BCUT2D eigenvalue weighted by atomic mass is 10.1. The zero-order valence-corrected chi connectivity index (χ0v) is 17.7. The first-order chi connectivity index (χ1) is 13.9. The SMILES string of the molecule is CCCCCCC(=O)N[C@@H](Cc1cc(C(=N)N)cs1)C(=O)NC(=O)[C@@H]1CCCN1. The van der Waals surface area contributed by atoms with Crippen LogP contribution in [0.5, 0.6) is 0 Å². The molecule has 0 aliphatic carbocycles. The lowest BCUT2D eigenvalue weighted by Crippen LogP contribution is -2.52. The molecule has 0 aromatic carbocycles. The molecule has 1 aliphatic heterocycles. The van der Waals surface area contributed by atoms with E-state index in [1.807, 2.05) is 0 Å². The van der Waals surface area contributed by atoms with Gasteiger partial charge >= 0.3 is 0 Å². The minimum absolute atomic E-state index is 0.0454. The highest BCUT2D eigenvalue weighted by Crippen LogP contribution is 2.17. The summed E-state index contributed by atoms with van der Waals surface area (Å²) in [6.45, 7) is 2.86. The summed E-state index contributed by atoms with van der Waals surface area (Å²) in [5.74, 6) is -1.11. The van der Waals surface area contributed by atoms with Crippen molar-refractivity contribution in [1.29, 1.82) is 5.41 Å². The van der Waals surface area contributed by atoms with Gasteiger partial charge in [0.2, 0.25) is 17.7 Å². The van der Waals surface area contributed by atoms with Crippen LogP contribution in [0.1, 0.15) is 62.3 Å². The maximum absolute atomic E-state index is 12.7. The fraction of sp³-hybridized carbons (Fsp3) is 0.600. The van der Waals surface area contributed by atoms with Crippen molar-refractivity contribution < 1.29 is 14.4 Å². The molecule has 2 rings (SSSR count). The van der Waals surface area contributed by atoms with E-state index in [1.165, 1.54) is 11.3 Å². The highest BCUT2D eigenvalue weighted by molar-refractivity contribution is 7.10. The summed E-state index contributed by atoms with van der Waals surface area (Å²) in [6, 6.07) is 0.522. The van der Waals surface area contributed by atoms with Crippen molar-refractivity contribution in [2.24, 2.45) is 5.73 Å². The number of carbonyl (C=O) groups is 3. The topological polar surface area (TPSA) is 137 Å². The Kier molecular flexibility index (Phi) is 9.27. The van der Waals surface area contributed by atoms with E-state index < -0.39 is 11.9 Å². The fourth-order valence-corrected chi connectivity index (χ4v) is 4.15. The Balaban J connectivity index is 2.00. The molecule has 160 valence electrons. The standard InChI is InChI=1S/C20H31N5O3S/c1-2-3-4-5-8-17(26)24-16(11-14-10-13(12-29-14)18(21)22)20(28)25-19(27)15-7-6-9-23-15/h10,12,15-16,23H,2-9,11H2,1H3,(H3,21,22)(H,24,26)(H,25,27,28)/t15-,16-/m0/s1. The van der Waals surface area contributed by atoms with Gasteiger partial charge in [0.15, 0.2) is 0 Å². The Morgan fingerprint density at radius 2 is 2.14 bits per heavy atom. The number of hydrogen-bond donors (Lipinski definition) is 5. The number of unbranched alkanes of at least 4 members (excludes halogenated alkanes) is 3. The molecule has 1 fully saturated rings. The summed E-state index contributed by atoms with van der Waals surface area (Å²) in [5, 5.41) is 17.5. The second-order valence-electron chi connectivity index (χ2n) is 7.35. The first-order valence-electron chi connectivity index (χ1n) is 10.2. The molecule has 0 saturated carbocycles. The van der Waals surface area contributed by atoms with E-state index >= 15 is 0 Å². The number of carbonyl (C=O) groups excluding carboxylic acids is 3. The van der Waals surface area contributed by atoms with Gasteiger partial charge < -0.3 is 16.4 Å². The Morgan fingerprint density at radius 1 is 1.34 bits per heavy atom. The molecular weight excluding hydrogens is 390 g/mol. The van der Waals surface area contributed by atoms with Gasteiger partial charge in [0, 0.05) is 28.7 Å². The van der Waals surface area contributed by atoms with Gasteiger partial charge in [-0.2, -0.15) is 0 Å². The second-order valence-corrected chi connectivity index (χ2v) is 8.35. The van der Waals surface area contributed by atoms with E-state index in [0.29, 0.717) is 18.4 Å². The van der Waals surface area contributed by atoms with Crippen molar-refractivity contribution in [3.8, 4) is 0 Å². The molecule has 8 nitrogen and oxygen atoms in total. The molecule has 0 bridgehead atoms. The van der Waals surface area contributed by atoms with Crippen LogP contribution < -0.4 is 21.7 Å². The molecule has 1 aromatic heterocycles. The van der Waals surface area contributed by atoms with Gasteiger partial charge in [0.1, 0.15) is 11.9 Å². The average molecular weight is 422 g/mol. The van der Waals surface area contributed by atoms with Crippen LogP contribution >= 0.6 is 11.3 Å². The molecule has 6 N–H and O–H groups in total. The minimum Gasteiger partial charge on any atom is -0.384 e. The summed E-state index contributed by atoms with van der Waals surface area (Å²) < 4.78 is 0. The third-order valence-electron chi connectivity index (χ3n) is 4.90. The average Bonchev–Trinajstić information content (AvgIpc) is 3.36. The van der Waals surface area contributed by atoms with Gasteiger partial charge in [-0.3, -0.25) is 25.1 Å². The van der Waals surface area contributed by atoms with Gasteiger partial charge in [-0.1, -0.05) is 26.2 Å². The predicted molar refractivity (Wildman–Crippen MR) is 114 cm³/mol. The van der Waals surface area contributed by atoms with Crippen molar-refractivity contribution in [2.75, 3.05) is 6.54 Å². The van der Waals surface area contributed by atoms with Crippen LogP contribution in [0.4, 0.5) is 0 Å². The van der Waals surface area contributed by atoms with E-state index in [0.717, 1.165) is 43.5 Å². The van der Waals surface area contributed by atoms with Crippen LogP contribution in [0.15, 0.2) is 11.4 Å². The van der Waals surface area contributed by atoms with Crippen LogP contribution in [-0.2, 0) is 20.8 Å². The molecule has 1 saturated heterocycles. The van der Waals surface area contributed by atoms with Crippen LogP contribution in [-0.4, -0.2) is 42.2 Å². The van der Waals surface area contributed by atoms with Crippen molar-refractivity contribution in [1.82, 2.24) is 16.0 Å². The normalized spacial score (nSPS) is 16.9. The second kappa shape index (κ2) is 11.7. The van der Waals surface area contributed by atoms with E-state index in [4.69, 9.17) is 11.1 Å². The Morgan fingerprint density at radius 3 is 2.76 bits per heavy atom. The smallest absolute Gasteiger partial charge is 0.249 e. The van der Waals surface area contributed by atoms with Crippen molar-refractivity contribution in [2.45, 2.75) is 70.4 Å². The number of nitrogens with two attached hydrogens (primary N) is 1. The van der Waals surface area contributed by atoms with Gasteiger partial charge in [-0.25, -0.2) is 0 Å². The minimum atomic E-state index is -0.850. The quantitative estimate of drug-likeness (QED) is 0.209. The molecule has 9 heteroatoms. The molecule has 0 spiro atoms. The maximum Gasteiger partial charge on any atom is 0.249 e.